The second-order valence-electron chi connectivity index (χ2n) is 4.95. The van der Waals surface area contributed by atoms with Crippen molar-refractivity contribution >= 4 is 5.57 Å². The lowest BCUT2D eigenvalue weighted by Crippen LogP contribution is -1.98. The van der Waals surface area contributed by atoms with Crippen molar-refractivity contribution in [2.75, 3.05) is 0 Å². The first-order valence-electron chi connectivity index (χ1n) is 6.96. The number of hydrogen-bond donors (Lipinski definition) is 0. The van der Waals surface area contributed by atoms with Crippen molar-refractivity contribution in [3.05, 3.63) is 29.7 Å². The Morgan fingerprint density at radius 2 is 2.00 bits per heavy atom. The van der Waals surface area contributed by atoms with Crippen LogP contribution in [0.15, 0.2) is 28.4 Å². The molecule has 0 aliphatic heterocycles. The minimum atomic E-state index is 0.613. The highest BCUT2D eigenvalue weighted by molar-refractivity contribution is 5.65. The van der Waals surface area contributed by atoms with Crippen LogP contribution in [0.5, 0.6) is 0 Å². The van der Waals surface area contributed by atoms with Crippen LogP contribution >= 0.6 is 0 Å². The Bertz CT molecular complexity index is 330. The topological polar surface area (TPSA) is 13.1 Å². The van der Waals surface area contributed by atoms with E-state index in [0.29, 0.717) is 5.92 Å². The SMILES string of the molecule is CCCCC/C(=C(\CC)C(C)C)c1ccco1. The normalized spacial score (nSPS) is 13.0. The molecule has 1 aromatic rings. The first-order chi connectivity index (χ1) is 8.20. The molecular weight excluding hydrogens is 208 g/mol. The van der Waals surface area contributed by atoms with Gasteiger partial charge in [0.15, 0.2) is 0 Å². The second-order valence-corrected chi connectivity index (χ2v) is 4.95. The quantitative estimate of drug-likeness (QED) is 0.553. The van der Waals surface area contributed by atoms with E-state index in [1.807, 2.05) is 6.07 Å². The molecule has 96 valence electrons. The molecule has 1 heteroatoms. The van der Waals surface area contributed by atoms with E-state index in [2.05, 4.69) is 33.8 Å². The number of allylic oxidation sites excluding steroid dienone is 2. The summed E-state index contributed by atoms with van der Waals surface area (Å²) in [4.78, 5) is 0. The Hall–Kier alpha value is -0.980. The summed E-state index contributed by atoms with van der Waals surface area (Å²) < 4.78 is 5.60. The van der Waals surface area contributed by atoms with Crippen molar-refractivity contribution in [1.29, 1.82) is 0 Å². The predicted octanol–water partition coefficient (Wildman–Crippen LogP) is 5.68. The van der Waals surface area contributed by atoms with Gasteiger partial charge in [0.1, 0.15) is 5.76 Å². The molecule has 1 rings (SSSR count). The number of unbranched alkanes of at least 4 members (excludes halogenated alkanes) is 2. The Morgan fingerprint density at radius 1 is 1.24 bits per heavy atom. The largest absolute Gasteiger partial charge is 0.465 e. The molecule has 0 bridgehead atoms. The van der Waals surface area contributed by atoms with Gasteiger partial charge in [-0.05, 0) is 42.9 Å². The smallest absolute Gasteiger partial charge is 0.129 e. The highest BCUT2D eigenvalue weighted by Crippen LogP contribution is 2.30. The van der Waals surface area contributed by atoms with Crippen molar-refractivity contribution in [2.45, 2.75) is 59.8 Å². The first kappa shape index (κ1) is 14.1. The maximum Gasteiger partial charge on any atom is 0.129 e. The molecule has 0 spiro atoms. The van der Waals surface area contributed by atoms with E-state index in [9.17, 15) is 0 Å². The van der Waals surface area contributed by atoms with E-state index in [1.54, 1.807) is 11.8 Å². The maximum atomic E-state index is 5.60. The van der Waals surface area contributed by atoms with Crippen molar-refractivity contribution in [2.24, 2.45) is 5.92 Å². The van der Waals surface area contributed by atoms with Gasteiger partial charge in [0.25, 0.3) is 0 Å². The minimum absolute atomic E-state index is 0.613. The average molecular weight is 234 g/mol. The molecule has 0 fully saturated rings. The second kappa shape index (κ2) is 7.37. The minimum Gasteiger partial charge on any atom is -0.465 e. The third kappa shape index (κ3) is 4.07. The molecule has 0 amide bonds. The molecule has 0 aliphatic rings. The predicted molar refractivity (Wildman–Crippen MR) is 74.9 cm³/mol. The van der Waals surface area contributed by atoms with Crippen LogP contribution in [0.3, 0.4) is 0 Å². The Labute approximate surface area is 106 Å². The van der Waals surface area contributed by atoms with Gasteiger partial charge in [-0.1, -0.05) is 46.1 Å². The molecule has 0 N–H and O–H groups in total. The first-order valence-corrected chi connectivity index (χ1v) is 6.96. The van der Waals surface area contributed by atoms with E-state index in [0.717, 1.165) is 18.6 Å². The van der Waals surface area contributed by atoms with Crippen LogP contribution in [0.4, 0.5) is 0 Å². The third-order valence-electron chi connectivity index (χ3n) is 3.31. The molecule has 1 heterocycles. The third-order valence-corrected chi connectivity index (χ3v) is 3.31. The van der Waals surface area contributed by atoms with Gasteiger partial charge in [-0.2, -0.15) is 0 Å². The molecule has 0 saturated carbocycles. The van der Waals surface area contributed by atoms with Gasteiger partial charge in [-0.25, -0.2) is 0 Å². The molecule has 17 heavy (non-hydrogen) atoms. The lowest BCUT2D eigenvalue weighted by Gasteiger charge is -2.16. The summed E-state index contributed by atoms with van der Waals surface area (Å²) in [5, 5.41) is 0. The van der Waals surface area contributed by atoms with Crippen LogP contribution in [0.1, 0.15) is 65.6 Å². The summed E-state index contributed by atoms with van der Waals surface area (Å²) >= 11 is 0. The van der Waals surface area contributed by atoms with Gasteiger partial charge in [-0.3, -0.25) is 0 Å². The van der Waals surface area contributed by atoms with Gasteiger partial charge < -0.3 is 4.42 Å². The molecule has 1 nitrogen and oxygen atoms in total. The fourth-order valence-electron chi connectivity index (χ4n) is 2.41. The monoisotopic (exact) mass is 234 g/mol. The van der Waals surface area contributed by atoms with E-state index in [4.69, 9.17) is 4.42 Å². The van der Waals surface area contributed by atoms with E-state index < -0.39 is 0 Å². The van der Waals surface area contributed by atoms with Crippen LogP contribution in [-0.2, 0) is 0 Å². The van der Waals surface area contributed by atoms with Crippen molar-refractivity contribution in [1.82, 2.24) is 0 Å². The van der Waals surface area contributed by atoms with E-state index in [1.165, 1.54) is 24.8 Å². The van der Waals surface area contributed by atoms with E-state index >= 15 is 0 Å². The maximum absolute atomic E-state index is 5.60. The Kier molecular flexibility index (Phi) is 6.10. The number of hydrogen-bond acceptors (Lipinski definition) is 1. The van der Waals surface area contributed by atoms with Crippen LogP contribution < -0.4 is 0 Å². The standard InChI is InChI=1S/C16H26O/c1-5-7-8-10-15(14(6-2)13(3)4)16-11-9-12-17-16/h9,11-13H,5-8,10H2,1-4H3/b15-14-. The molecule has 0 saturated heterocycles. The summed E-state index contributed by atoms with van der Waals surface area (Å²) in [5.74, 6) is 1.69. The van der Waals surface area contributed by atoms with Gasteiger partial charge in [-0.15, -0.1) is 0 Å². The van der Waals surface area contributed by atoms with Crippen LogP contribution in [0, 0.1) is 5.92 Å². The van der Waals surface area contributed by atoms with Crippen molar-refractivity contribution in [3.8, 4) is 0 Å². The van der Waals surface area contributed by atoms with Crippen molar-refractivity contribution < 1.29 is 4.42 Å². The van der Waals surface area contributed by atoms with Gasteiger partial charge in [0.05, 0.1) is 6.26 Å². The molecule has 0 radical (unpaired) electrons. The zero-order valence-electron chi connectivity index (χ0n) is 11.8. The molecular formula is C16H26O. The summed E-state index contributed by atoms with van der Waals surface area (Å²) in [6.07, 6.45) is 7.90. The highest BCUT2D eigenvalue weighted by Gasteiger charge is 2.13. The highest BCUT2D eigenvalue weighted by atomic mass is 16.3. The summed E-state index contributed by atoms with van der Waals surface area (Å²) in [7, 11) is 0. The van der Waals surface area contributed by atoms with Crippen molar-refractivity contribution in [3.63, 3.8) is 0 Å². The van der Waals surface area contributed by atoms with Crippen LogP contribution in [0.25, 0.3) is 5.57 Å². The zero-order valence-corrected chi connectivity index (χ0v) is 11.8. The molecule has 0 atom stereocenters. The zero-order chi connectivity index (χ0) is 12.7. The van der Waals surface area contributed by atoms with Gasteiger partial charge in [0.2, 0.25) is 0 Å². The van der Waals surface area contributed by atoms with Crippen LogP contribution in [0.2, 0.25) is 0 Å². The lowest BCUT2D eigenvalue weighted by molar-refractivity contribution is 0.544. The van der Waals surface area contributed by atoms with Gasteiger partial charge >= 0.3 is 0 Å². The van der Waals surface area contributed by atoms with Crippen LogP contribution in [-0.4, -0.2) is 0 Å². The molecule has 0 aromatic carbocycles. The fourth-order valence-corrected chi connectivity index (χ4v) is 2.41. The molecule has 1 aromatic heterocycles. The Balaban J connectivity index is 2.92. The average Bonchev–Trinajstić information content (AvgIpc) is 2.81. The lowest BCUT2D eigenvalue weighted by atomic mass is 9.90. The number of furan rings is 1. The molecule has 0 aliphatic carbocycles. The van der Waals surface area contributed by atoms with E-state index in [-0.39, 0.29) is 0 Å². The summed E-state index contributed by atoms with van der Waals surface area (Å²) in [5.41, 5.74) is 3.00. The number of rotatable bonds is 7. The fraction of sp³-hybridized carbons (Fsp3) is 0.625. The summed E-state index contributed by atoms with van der Waals surface area (Å²) in [6, 6.07) is 4.09. The Morgan fingerprint density at radius 3 is 2.47 bits per heavy atom. The molecule has 0 unspecified atom stereocenters. The van der Waals surface area contributed by atoms with Gasteiger partial charge in [0, 0.05) is 0 Å². The summed E-state index contributed by atoms with van der Waals surface area (Å²) in [6.45, 7) is 9.06.